The van der Waals surface area contributed by atoms with Crippen LogP contribution < -0.4 is 9.46 Å². The summed E-state index contributed by atoms with van der Waals surface area (Å²) in [5.41, 5.74) is -0.179. The van der Waals surface area contributed by atoms with E-state index in [1.807, 2.05) is 13.0 Å². The fourth-order valence-electron chi connectivity index (χ4n) is 3.31. The van der Waals surface area contributed by atoms with E-state index in [0.29, 0.717) is 23.4 Å². The maximum Gasteiger partial charge on any atom is 0.261 e. The molecule has 1 aliphatic carbocycles. The van der Waals surface area contributed by atoms with Crippen molar-refractivity contribution in [1.82, 2.24) is 20.0 Å². The molecule has 1 aliphatic rings. The molecule has 1 N–H and O–H groups in total. The molecule has 0 bridgehead atoms. The summed E-state index contributed by atoms with van der Waals surface area (Å²) in [5, 5.41) is 7.76. The summed E-state index contributed by atoms with van der Waals surface area (Å²) in [5.74, 6) is -1.64. The van der Waals surface area contributed by atoms with E-state index in [2.05, 4.69) is 20.0 Å². The van der Waals surface area contributed by atoms with Gasteiger partial charge in [0.25, 0.3) is 10.0 Å². The van der Waals surface area contributed by atoms with Gasteiger partial charge < -0.3 is 4.74 Å². The van der Waals surface area contributed by atoms with Gasteiger partial charge in [-0.2, -0.15) is 0 Å². The van der Waals surface area contributed by atoms with Crippen molar-refractivity contribution >= 4 is 15.7 Å². The number of nitrogens with one attached hydrogen (secondary N) is 1. The number of nitrogens with zero attached hydrogens (tertiary/aromatic N) is 4. The zero-order valence-corrected chi connectivity index (χ0v) is 19.1. The summed E-state index contributed by atoms with van der Waals surface area (Å²) in [4.78, 5) is 4.01. The molecule has 0 aliphatic heterocycles. The van der Waals surface area contributed by atoms with Crippen LogP contribution in [0.25, 0.3) is 16.9 Å². The van der Waals surface area contributed by atoms with Crippen LogP contribution in [0.5, 0.6) is 5.75 Å². The monoisotopic (exact) mass is 485 g/mol. The zero-order chi connectivity index (χ0) is 24.3. The summed E-state index contributed by atoms with van der Waals surface area (Å²) in [6.07, 6.45) is 13.2. The van der Waals surface area contributed by atoms with Gasteiger partial charge in [0.15, 0.2) is 11.6 Å². The van der Waals surface area contributed by atoms with Gasteiger partial charge in [-0.1, -0.05) is 36.4 Å². The highest BCUT2D eigenvalue weighted by Crippen LogP contribution is 2.28. The molecule has 0 fully saturated rings. The summed E-state index contributed by atoms with van der Waals surface area (Å²) in [6.45, 7) is 1.87. The number of rotatable bonds is 6. The predicted octanol–water partition coefficient (Wildman–Crippen LogP) is 4.39. The number of hydrogen-bond donors (Lipinski definition) is 1. The third kappa shape index (κ3) is 4.88. The highest BCUT2D eigenvalue weighted by atomic mass is 32.2. The van der Waals surface area contributed by atoms with Gasteiger partial charge >= 0.3 is 0 Å². The lowest BCUT2D eigenvalue weighted by molar-refractivity contribution is 0.413. The third-order valence-electron chi connectivity index (χ3n) is 5.05. The molecule has 1 atom stereocenters. The average Bonchev–Trinajstić information content (AvgIpc) is 3.28. The molecule has 2 heterocycles. The van der Waals surface area contributed by atoms with E-state index in [-0.39, 0.29) is 10.8 Å². The molecule has 11 heteroatoms. The Morgan fingerprint density at radius 3 is 2.82 bits per heavy atom. The van der Waals surface area contributed by atoms with E-state index in [0.717, 1.165) is 16.8 Å². The number of benzene rings is 1. The lowest BCUT2D eigenvalue weighted by Crippen LogP contribution is -2.17. The van der Waals surface area contributed by atoms with Crippen LogP contribution in [0.15, 0.2) is 72.1 Å². The van der Waals surface area contributed by atoms with Crippen LogP contribution in [0.4, 0.5) is 14.5 Å². The smallest absolute Gasteiger partial charge is 0.261 e. The van der Waals surface area contributed by atoms with Crippen LogP contribution in [-0.4, -0.2) is 35.5 Å². The Labute approximate surface area is 195 Å². The van der Waals surface area contributed by atoms with Crippen molar-refractivity contribution in [2.24, 2.45) is 5.92 Å². The Kier molecular flexibility index (Phi) is 6.55. The van der Waals surface area contributed by atoms with Gasteiger partial charge in [-0.05, 0) is 36.6 Å². The van der Waals surface area contributed by atoms with Gasteiger partial charge in [-0.25, -0.2) is 21.9 Å². The number of methoxy groups -OCH3 is 1. The van der Waals surface area contributed by atoms with Gasteiger partial charge in [-0.3, -0.25) is 9.71 Å². The van der Waals surface area contributed by atoms with Crippen molar-refractivity contribution < 1.29 is 21.9 Å². The number of anilines is 1. The van der Waals surface area contributed by atoms with Gasteiger partial charge in [0.2, 0.25) is 0 Å². The summed E-state index contributed by atoms with van der Waals surface area (Å²) >= 11 is 0. The Hall–Kier alpha value is -3.86. The van der Waals surface area contributed by atoms with Crippen LogP contribution in [0.1, 0.15) is 13.3 Å². The van der Waals surface area contributed by atoms with Crippen LogP contribution in [0.3, 0.4) is 0 Å². The number of hydrogen-bond acceptors (Lipinski definition) is 6. The van der Waals surface area contributed by atoms with Crippen molar-refractivity contribution in [1.29, 1.82) is 0 Å². The summed E-state index contributed by atoms with van der Waals surface area (Å²) in [7, 11) is -2.65. The van der Waals surface area contributed by atoms with Crippen molar-refractivity contribution in [3.8, 4) is 22.7 Å². The lowest BCUT2D eigenvalue weighted by atomic mass is 10.1. The second-order valence-electron chi connectivity index (χ2n) is 7.59. The molecule has 34 heavy (non-hydrogen) atoms. The van der Waals surface area contributed by atoms with Gasteiger partial charge in [0, 0.05) is 11.8 Å². The molecule has 176 valence electrons. The molecule has 0 amide bonds. The van der Waals surface area contributed by atoms with Gasteiger partial charge in [-0.15, -0.1) is 5.10 Å². The van der Waals surface area contributed by atoms with Crippen molar-refractivity contribution in [2.75, 3.05) is 11.8 Å². The summed E-state index contributed by atoms with van der Waals surface area (Å²) < 4.78 is 64.1. The standard InChI is InChI=1S/C23H21F2N5O3S/c1-15-6-4-3-5-7-18(10-15)34(31,32)28-20-9-8-19(24)23(22(20)25)30-14-21(27-29-30)16-11-17(33-2)13-26-12-16/h3-5,7-15,28H,6H2,1-2H3/b4-3+,7-5-,18-10+. The van der Waals surface area contributed by atoms with E-state index in [1.54, 1.807) is 24.3 Å². The summed E-state index contributed by atoms with van der Waals surface area (Å²) in [6, 6.07) is 3.62. The minimum Gasteiger partial charge on any atom is -0.495 e. The molecule has 8 nitrogen and oxygen atoms in total. The maximum absolute atomic E-state index is 15.3. The first-order valence-electron chi connectivity index (χ1n) is 10.3. The molecule has 1 aromatic carbocycles. The Balaban J connectivity index is 1.69. The van der Waals surface area contributed by atoms with Gasteiger partial charge in [0.1, 0.15) is 17.1 Å². The van der Waals surface area contributed by atoms with E-state index in [4.69, 9.17) is 4.74 Å². The van der Waals surface area contributed by atoms with E-state index < -0.39 is 33.0 Å². The quantitative estimate of drug-likeness (QED) is 0.556. The number of halogens is 2. The predicted molar refractivity (Wildman–Crippen MR) is 124 cm³/mol. The highest BCUT2D eigenvalue weighted by molar-refractivity contribution is 7.96. The zero-order valence-electron chi connectivity index (χ0n) is 18.3. The number of sulfonamides is 1. The fraction of sp³-hybridized carbons (Fsp3) is 0.174. The Bertz CT molecular complexity index is 1410. The lowest BCUT2D eigenvalue weighted by Gasteiger charge is -2.14. The van der Waals surface area contributed by atoms with Gasteiger partial charge in [0.05, 0.1) is 30.1 Å². The molecule has 2 aromatic heterocycles. The number of allylic oxidation sites excluding steroid dienone is 5. The van der Waals surface area contributed by atoms with E-state index >= 15 is 4.39 Å². The first-order valence-corrected chi connectivity index (χ1v) is 11.7. The van der Waals surface area contributed by atoms with Crippen molar-refractivity contribution in [3.05, 3.63) is 83.7 Å². The average molecular weight is 486 g/mol. The van der Waals surface area contributed by atoms with Crippen molar-refractivity contribution in [3.63, 3.8) is 0 Å². The first kappa shape index (κ1) is 23.3. The van der Waals surface area contributed by atoms with E-state index in [9.17, 15) is 12.8 Å². The third-order valence-corrected chi connectivity index (χ3v) is 6.43. The minimum absolute atomic E-state index is 0.0109. The normalized spacial score (nSPS) is 19.4. The minimum atomic E-state index is -4.13. The molecule has 0 saturated carbocycles. The van der Waals surface area contributed by atoms with Crippen LogP contribution >= 0.6 is 0 Å². The molecule has 3 aromatic rings. The second-order valence-corrected chi connectivity index (χ2v) is 9.28. The van der Waals surface area contributed by atoms with E-state index in [1.165, 1.54) is 31.8 Å². The van der Waals surface area contributed by atoms with Crippen molar-refractivity contribution in [2.45, 2.75) is 13.3 Å². The maximum atomic E-state index is 15.3. The highest BCUT2D eigenvalue weighted by Gasteiger charge is 2.23. The largest absolute Gasteiger partial charge is 0.495 e. The SMILES string of the molecule is COc1cncc(-c2cn(-c3c(F)ccc(NS(=O)(=O)C4=C/C(C)C/C=C/C=C\4)c3F)nn2)c1. The molecule has 0 saturated heterocycles. The number of pyridine rings is 1. The number of aromatic nitrogens is 4. The molecule has 0 radical (unpaired) electrons. The molecule has 0 spiro atoms. The molecular formula is C23H21F2N5O3S. The number of ether oxygens (including phenoxy) is 1. The molecular weight excluding hydrogens is 464 g/mol. The second kappa shape index (κ2) is 9.56. The molecule has 1 unspecified atom stereocenters. The van der Waals surface area contributed by atoms with Crippen LogP contribution in [-0.2, 0) is 10.0 Å². The Morgan fingerprint density at radius 2 is 2.03 bits per heavy atom. The van der Waals surface area contributed by atoms with Crippen LogP contribution in [0.2, 0.25) is 0 Å². The fourth-order valence-corrected chi connectivity index (χ4v) is 4.55. The Morgan fingerprint density at radius 1 is 1.21 bits per heavy atom. The topological polar surface area (TPSA) is 99.0 Å². The van der Waals surface area contributed by atoms with Crippen LogP contribution in [0, 0.1) is 17.6 Å². The first-order chi connectivity index (χ1) is 16.3. The molecule has 4 rings (SSSR count).